The summed E-state index contributed by atoms with van der Waals surface area (Å²) >= 11 is 0. The minimum atomic E-state index is -0.509. The largest absolute Gasteiger partial charge is 0.493 e. The zero-order valence-corrected chi connectivity index (χ0v) is 20.9. The number of aliphatic imine (C=N–C) groups is 1. The van der Waals surface area contributed by atoms with Crippen molar-refractivity contribution in [3.63, 3.8) is 0 Å². The second kappa shape index (κ2) is 10.9. The fraction of sp³-hybridized carbons (Fsp3) is 0.414. The van der Waals surface area contributed by atoms with Crippen molar-refractivity contribution in [2.45, 2.75) is 51.9 Å². The molecule has 1 saturated carbocycles. The number of Topliss-reactive ketones (excluding diaryl/α,β-unsaturated/α-hetero) is 1. The Bertz CT molecular complexity index is 1150. The number of nitrogens with zero attached hydrogens (tertiary/aromatic N) is 1. The van der Waals surface area contributed by atoms with Crippen LogP contribution in [0.2, 0.25) is 0 Å². The normalized spacial score (nSPS) is 21.8. The number of ketones is 1. The van der Waals surface area contributed by atoms with Gasteiger partial charge in [0.15, 0.2) is 11.5 Å². The maximum Gasteiger partial charge on any atom is 0.336 e. The summed E-state index contributed by atoms with van der Waals surface area (Å²) in [5.74, 6) is -0.0400. The Hall–Kier alpha value is -3.41. The molecule has 3 atom stereocenters. The van der Waals surface area contributed by atoms with Crippen LogP contribution in [0.25, 0.3) is 0 Å². The first-order valence-corrected chi connectivity index (χ1v) is 12.3. The van der Waals surface area contributed by atoms with Gasteiger partial charge in [0.25, 0.3) is 0 Å². The van der Waals surface area contributed by atoms with Crippen LogP contribution < -0.4 is 9.47 Å². The van der Waals surface area contributed by atoms with Crippen molar-refractivity contribution < 1.29 is 23.8 Å². The highest BCUT2D eigenvalue weighted by molar-refractivity contribution is 6.12. The summed E-state index contributed by atoms with van der Waals surface area (Å²) < 4.78 is 16.8. The van der Waals surface area contributed by atoms with Crippen LogP contribution in [0.3, 0.4) is 0 Å². The van der Waals surface area contributed by atoms with Gasteiger partial charge in [0, 0.05) is 23.7 Å². The number of carbonyl (C=O) groups excluding carboxylic acids is 2. The van der Waals surface area contributed by atoms with Gasteiger partial charge in [-0.1, -0.05) is 43.3 Å². The predicted octanol–water partition coefficient (Wildman–Crippen LogP) is 5.62. The van der Waals surface area contributed by atoms with Gasteiger partial charge in [-0.3, -0.25) is 9.79 Å². The number of hydrogen-bond donors (Lipinski definition) is 0. The molecule has 1 heterocycles. The quantitative estimate of drug-likeness (QED) is 0.463. The highest BCUT2D eigenvalue weighted by Crippen LogP contribution is 2.47. The zero-order valence-electron chi connectivity index (χ0n) is 20.9. The second-order valence-electron chi connectivity index (χ2n) is 9.02. The molecule has 184 valence electrons. The summed E-state index contributed by atoms with van der Waals surface area (Å²) in [6, 6.07) is 15.7. The van der Waals surface area contributed by atoms with Gasteiger partial charge in [0.1, 0.15) is 5.78 Å². The van der Waals surface area contributed by atoms with Crippen molar-refractivity contribution in [3.05, 3.63) is 70.9 Å². The molecule has 2 aliphatic rings. The van der Waals surface area contributed by atoms with E-state index in [1.807, 2.05) is 50.2 Å². The van der Waals surface area contributed by atoms with Crippen molar-refractivity contribution in [2.75, 3.05) is 20.3 Å². The Morgan fingerprint density at radius 1 is 1.00 bits per heavy atom. The Balaban J connectivity index is 1.78. The number of fused-ring (bicyclic) bond motifs is 1. The molecule has 6 nitrogen and oxygen atoms in total. The molecule has 35 heavy (non-hydrogen) atoms. The van der Waals surface area contributed by atoms with Crippen LogP contribution in [-0.4, -0.2) is 37.8 Å². The van der Waals surface area contributed by atoms with Crippen molar-refractivity contribution in [1.82, 2.24) is 0 Å². The van der Waals surface area contributed by atoms with Crippen LogP contribution in [0.1, 0.15) is 63.0 Å². The maximum atomic E-state index is 13.7. The summed E-state index contributed by atoms with van der Waals surface area (Å²) in [7, 11) is 1.59. The number of allylic oxidation sites excluding steroid dienone is 1. The number of methoxy groups -OCH3 is 1. The van der Waals surface area contributed by atoms with Crippen molar-refractivity contribution in [2.24, 2.45) is 10.9 Å². The molecule has 0 radical (unpaired) electrons. The van der Waals surface area contributed by atoms with Gasteiger partial charge in [0.2, 0.25) is 0 Å². The highest BCUT2D eigenvalue weighted by atomic mass is 16.5. The monoisotopic (exact) mass is 475 g/mol. The molecule has 0 bridgehead atoms. The molecule has 1 aliphatic carbocycles. The Morgan fingerprint density at radius 2 is 1.77 bits per heavy atom. The third-order valence-corrected chi connectivity index (χ3v) is 6.73. The van der Waals surface area contributed by atoms with Gasteiger partial charge in [0.05, 0.1) is 31.8 Å². The molecule has 0 N–H and O–H groups in total. The number of carbonyl (C=O) groups is 2. The first kappa shape index (κ1) is 24.7. The third-order valence-electron chi connectivity index (χ3n) is 6.73. The third kappa shape index (κ3) is 5.02. The van der Waals surface area contributed by atoms with Crippen molar-refractivity contribution >= 4 is 17.5 Å². The minimum absolute atomic E-state index is 0.0793. The van der Waals surface area contributed by atoms with E-state index in [9.17, 15) is 9.59 Å². The minimum Gasteiger partial charge on any atom is -0.493 e. The lowest BCUT2D eigenvalue weighted by atomic mass is 9.66. The standard InChI is InChI=1S/C29H33NO5/c1-5-14-35-24-13-12-20(17-25(24)33-4)27-26(29(32)34-6-2)18(3)30-22-15-21(16-23(31)28(22)27)19-10-8-7-9-11-19/h7-13,17,21,27-28H,5-6,14-16H2,1-4H3/t21-,27+,28?/m1/s1. The lowest BCUT2D eigenvalue weighted by Crippen LogP contribution is -2.41. The average molecular weight is 476 g/mol. The van der Waals surface area contributed by atoms with E-state index in [0.29, 0.717) is 42.2 Å². The number of rotatable bonds is 8. The Labute approximate surface area is 207 Å². The van der Waals surface area contributed by atoms with E-state index in [-0.39, 0.29) is 18.3 Å². The SMILES string of the molecule is CCCOc1ccc([C@H]2C(C(=O)OCC)=C(C)N=C3C[C@@H](c4ccccc4)CC(=O)C32)cc1OC. The van der Waals surface area contributed by atoms with Gasteiger partial charge in [-0.15, -0.1) is 0 Å². The molecule has 0 spiro atoms. The number of esters is 1. The summed E-state index contributed by atoms with van der Waals surface area (Å²) in [6.07, 6.45) is 1.97. The molecule has 0 amide bonds. The summed E-state index contributed by atoms with van der Waals surface area (Å²) in [4.78, 5) is 31.6. The van der Waals surface area contributed by atoms with Crippen LogP contribution in [-0.2, 0) is 14.3 Å². The summed E-state index contributed by atoms with van der Waals surface area (Å²) in [6.45, 7) is 6.47. The molecule has 1 aliphatic heterocycles. The number of benzene rings is 2. The first-order chi connectivity index (χ1) is 17.0. The summed E-state index contributed by atoms with van der Waals surface area (Å²) in [5, 5.41) is 0. The molecular formula is C29H33NO5. The maximum absolute atomic E-state index is 13.7. The zero-order chi connectivity index (χ0) is 24.9. The molecular weight excluding hydrogens is 442 g/mol. The highest BCUT2D eigenvalue weighted by Gasteiger charge is 2.46. The van der Waals surface area contributed by atoms with E-state index in [1.165, 1.54) is 0 Å². The average Bonchev–Trinajstić information content (AvgIpc) is 2.87. The number of hydrogen-bond acceptors (Lipinski definition) is 6. The molecule has 1 fully saturated rings. The van der Waals surface area contributed by atoms with E-state index < -0.39 is 17.8 Å². The van der Waals surface area contributed by atoms with Crippen LogP contribution >= 0.6 is 0 Å². The van der Waals surface area contributed by atoms with E-state index in [4.69, 9.17) is 19.2 Å². The fourth-order valence-corrected chi connectivity index (χ4v) is 5.18. The molecule has 6 heteroatoms. The van der Waals surface area contributed by atoms with Gasteiger partial charge in [-0.05, 0) is 55.9 Å². The van der Waals surface area contributed by atoms with Crippen LogP contribution in [0.15, 0.2) is 64.8 Å². The molecule has 0 aromatic heterocycles. The second-order valence-corrected chi connectivity index (χ2v) is 9.02. The molecule has 0 saturated heterocycles. The fourth-order valence-electron chi connectivity index (χ4n) is 5.18. The lowest BCUT2D eigenvalue weighted by molar-refractivity contribution is -0.139. The molecule has 1 unspecified atom stereocenters. The van der Waals surface area contributed by atoms with E-state index in [2.05, 4.69) is 12.1 Å². The van der Waals surface area contributed by atoms with Crippen LogP contribution in [0, 0.1) is 5.92 Å². The van der Waals surface area contributed by atoms with Gasteiger partial charge in [-0.2, -0.15) is 0 Å². The Morgan fingerprint density at radius 3 is 2.46 bits per heavy atom. The van der Waals surface area contributed by atoms with Gasteiger partial charge >= 0.3 is 5.97 Å². The van der Waals surface area contributed by atoms with Gasteiger partial charge < -0.3 is 14.2 Å². The van der Waals surface area contributed by atoms with Crippen molar-refractivity contribution in [3.8, 4) is 11.5 Å². The topological polar surface area (TPSA) is 74.2 Å². The van der Waals surface area contributed by atoms with Crippen molar-refractivity contribution in [1.29, 1.82) is 0 Å². The first-order valence-electron chi connectivity index (χ1n) is 12.3. The number of ether oxygens (including phenoxy) is 3. The Kier molecular flexibility index (Phi) is 7.69. The molecule has 2 aromatic rings. The lowest BCUT2D eigenvalue weighted by Gasteiger charge is -2.38. The van der Waals surface area contributed by atoms with E-state index in [0.717, 1.165) is 23.3 Å². The smallest absolute Gasteiger partial charge is 0.336 e. The van der Waals surface area contributed by atoms with E-state index >= 15 is 0 Å². The molecule has 4 rings (SSSR count). The van der Waals surface area contributed by atoms with Crippen LogP contribution in [0.5, 0.6) is 11.5 Å². The van der Waals surface area contributed by atoms with E-state index in [1.54, 1.807) is 14.0 Å². The van der Waals surface area contributed by atoms with Gasteiger partial charge in [-0.25, -0.2) is 4.79 Å². The predicted molar refractivity (Wildman–Crippen MR) is 135 cm³/mol. The van der Waals surface area contributed by atoms with Crippen LogP contribution in [0.4, 0.5) is 0 Å². The summed E-state index contributed by atoms with van der Waals surface area (Å²) in [5.41, 5.74) is 3.83. The molecule has 2 aromatic carbocycles.